The SMILES string of the molecule is O=S(=O)(Nc1ccc(Oc2ccc(-n3ccnc3)nn2)cc1)c1ccc(Cl)s1. The Kier molecular flexibility index (Phi) is 4.99. The van der Waals surface area contributed by atoms with Gasteiger partial charge in [-0.3, -0.25) is 9.29 Å². The van der Waals surface area contributed by atoms with Gasteiger partial charge in [-0.15, -0.1) is 21.5 Å². The number of rotatable bonds is 6. The Labute approximate surface area is 169 Å². The third kappa shape index (κ3) is 4.14. The Morgan fingerprint density at radius 1 is 1.04 bits per heavy atom. The fourth-order valence-electron chi connectivity index (χ4n) is 2.26. The molecule has 0 radical (unpaired) electrons. The summed E-state index contributed by atoms with van der Waals surface area (Å²) in [5, 5.41) is 8.08. The molecule has 1 N–H and O–H groups in total. The molecule has 0 atom stereocenters. The quantitative estimate of drug-likeness (QED) is 0.494. The van der Waals surface area contributed by atoms with Gasteiger partial charge in [0.1, 0.15) is 16.3 Å². The molecule has 1 aromatic carbocycles. The zero-order valence-corrected chi connectivity index (χ0v) is 16.4. The van der Waals surface area contributed by atoms with Crippen LogP contribution in [0.4, 0.5) is 5.69 Å². The normalized spacial score (nSPS) is 11.3. The first-order valence-corrected chi connectivity index (χ1v) is 10.6. The van der Waals surface area contributed by atoms with Crippen LogP contribution in [0.25, 0.3) is 5.82 Å². The summed E-state index contributed by atoms with van der Waals surface area (Å²) >= 11 is 6.79. The summed E-state index contributed by atoms with van der Waals surface area (Å²) in [5.74, 6) is 1.42. The molecular formula is C17H12ClN5O3S2. The lowest BCUT2D eigenvalue weighted by atomic mass is 10.3. The molecule has 0 unspecified atom stereocenters. The van der Waals surface area contributed by atoms with E-state index in [1.54, 1.807) is 59.7 Å². The topological polar surface area (TPSA) is 99.0 Å². The highest BCUT2D eigenvalue weighted by Gasteiger charge is 2.16. The molecule has 3 aromatic heterocycles. The lowest BCUT2D eigenvalue weighted by Crippen LogP contribution is -2.11. The number of anilines is 1. The summed E-state index contributed by atoms with van der Waals surface area (Å²) in [4.78, 5) is 3.95. The molecule has 0 saturated carbocycles. The summed E-state index contributed by atoms with van der Waals surface area (Å²) in [6, 6.07) is 12.9. The average Bonchev–Trinajstić information content (AvgIpc) is 3.36. The van der Waals surface area contributed by atoms with Crippen molar-refractivity contribution in [1.82, 2.24) is 19.7 Å². The van der Waals surface area contributed by atoms with Crippen LogP contribution in [0.15, 0.2) is 71.5 Å². The van der Waals surface area contributed by atoms with Gasteiger partial charge >= 0.3 is 0 Å². The van der Waals surface area contributed by atoms with Crippen molar-refractivity contribution in [3.05, 3.63) is 71.6 Å². The second-order valence-corrected chi connectivity index (χ2v) is 9.11. The van der Waals surface area contributed by atoms with Crippen LogP contribution < -0.4 is 9.46 Å². The number of nitrogens with one attached hydrogen (secondary N) is 1. The molecule has 0 aliphatic rings. The highest BCUT2D eigenvalue weighted by Crippen LogP contribution is 2.28. The van der Waals surface area contributed by atoms with Crippen molar-refractivity contribution in [2.24, 2.45) is 0 Å². The Morgan fingerprint density at radius 3 is 2.46 bits per heavy atom. The van der Waals surface area contributed by atoms with Gasteiger partial charge < -0.3 is 4.74 Å². The van der Waals surface area contributed by atoms with Crippen LogP contribution >= 0.6 is 22.9 Å². The molecule has 0 bridgehead atoms. The van der Waals surface area contributed by atoms with Crippen LogP contribution in [0.3, 0.4) is 0 Å². The smallest absolute Gasteiger partial charge is 0.271 e. The summed E-state index contributed by atoms with van der Waals surface area (Å²) in [7, 11) is -3.68. The number of halogens is 1. The number of ether oxygens (including phenoxy) is 1. The molecule has 28 heavy (non-hydrogen) atoms. The van der Waals surface area contributed by atoms with Gasteiger partial charge in [-0.05, 0) is 42.5 Å². The van der Waals surface area contributed by atoms with Crippen molar-refractivity contribution in [2.45, 2.75) is 4.21 Å². The van der Waals surface area contributed by atoms with E-state index in [4.69, 9.17) is 16.3 Å². The van der Waals surface area contributed by atoms with Crippen molar-refractivity contribution in [1.29, 1.82) is 0 Å². The molecule has 11 heteroatoms. The van der Waals surface area contributed by atoms with Crippen molar-refractivity contribution >= 4 is 38.6 Å². The first-order chi connectivity index (χ1) is 13.5. The van der Waals surface area contributed by atoms with E-state index in [9.17, 15) is 8.42 Å². The van der Waals surface area contributed by atoms with E-state index < -0.39 is 10.0 Å². The predicted molar refractivity (Wildman–Crippen MR) is 106 cm³/mol. The highest BCUT2D eigenvalue weighted by molar-refractivity contribution is 7.94. The van der Waals surface area contributed by atoms with E-state index >= 15 is 0 Å². The molecule has 4 rings (SSSR count). The van der Waals surface area contributed by atoms with Crippen molar-refractivity contribution in [3.63, 3.8) is 0 Å². The summed E-state index contributed by atoms with van der Waals surface area (Å²) in [5.41, 5.74) is 0.401. The molecule has 3 heterocycles. The Morgan fingerprint density at radius 2 is 1.86 bits per heavy atom. The van der Waals surface area contributed by atoms with E-state index in [0.717, 1.165) is 11.3 Å². The number of aromatic nitrogens is 4. The van der Waals surface area contributed by atoms with Crippen LogP contribution in [0.5, 0.6) is 11.6 Å². The van der Waals surface area contributed by atoms with Crippen LogP contribution in [0.1, 0.15) is 0 Å². The van der Waals surface area contributed by atoms with E-state index in [2.05, 4.69) is 19.9 Å². The highest BCUT2D eigenvalue weighted by atomic mass is 35.5. The van der Waals surface area contributed by atoms with Gasteiger partial charge in [0.05, 0.1) is 4.34 Å². The number of hydrogen-bond donors (Lipinski definition) is 1. The Hall–Kier alpha value is -2.95. The second kappa shape index (κ2) is 7.58. The van der Waals surface area contributed by atoms with E-state index in [-0.39, 0.29) is 4.21 Å². The fraction of sp³-hybridized carbons (Fsp3) is 0. The van der Waals surface area contributed by atoms with Gasteiger partial charge in [0.2, 0.25) is 5.88 Å². The standard InChI is InChI=1S/C17H12ClN5O3S2/c18-14-5-8-17(27-14)28(24,25)22-12-1-3-13(4-2-12)26-16-7-6-15(20-21-16)23-10-9-19-11-23/h1-11,22H. The monoisotopic (exact) mass is 433 g/mol. The van der Waals surface area contributed by atoms with Gasteiger partial charge in [0, 0.05) is 24.1 Å². The average molecular weight is 434 g/mol. The van der Waals surface area contributed by atoms with Gasteiger partial charge in [-0.1, -0.05) is 11.6 Å². The maximum absolute atomic E-state index is 12.3. The van der Waals surface area contributed by atoms with Gasteiger partial charge in [0.25, 0.3) is 10.0 Å². The fourth-order valence-corrected chi connectivity index (χ4v) is 4.80. The van der Waals surface area contributed by atoms with Crippen LogP contribution in [0, 0.1) is 0 Å². The lowest BCUT2D eigenvalue weighted by molar-refractivity contribution is 0.454. The number of thiophene rings is 1. The largest absolute Gasteiger partial charge is 0.438 e. The maximum atomic E-state index is 12.3. The summed E-state index contributed by atoms with van der Waals surface area (Å²) < 4.78 is 35.0. The number of benzene rings is 1. The Bertz CT molecular complexity index is 1170. The molecule has 0 saturated heterocycles. The first-order valence-electron chi connectivity index (χ1n) is 7.88. The predicted octanol–water partition coefficient (Wildman–Crippen LogP) is 3.97. The molecule has 4 aromatic rings. The number of hydrogen-bond acceptors (Lipinski definition) is 7. The molecule has 0 aliphatic heterocycles. The van der Waals surface area contributed by atoms with Gasteiger partial charge in [0.15, 0.2) is 5.82 Å². The van der Waals surface area contributed by atoms with E-state index in [1.165, 1.54) is 12.1 Å². The molecule has 0 fully saturated rings. The maximum Gasteiger partial charge on any atom is 0.271 e. The number of sulfonamides is 1. The lowest BCUT2D eigenvalue weighted by Gasteiger charge is -2.08. The van der Waals surface area contributed by atoms with E-state index in [1.807, 2.05) is 0 Å². The third-order valence-corrected chi connectivity index (χ3v) is 6.64. The van der Waals surface area contributed by atoms with Gasteiger partial charge in [-0.25, -0.2) is 13.4 Å². The minimum atomic E-state index is -3.68. The van der Waals surface area contributed by atoms with Crippen molar-refractivity contribution in [3.8, 4) is 17.4 Å². The van der Waals surface area contributed by atoms with Crippen LogP contribution in [-0.2, 0) is 10.0 Å². The first kappa shape index (κ1) is 18.4. The van der Waals surface area contributed by atoms with Crippen LogP contribution in [-0.4, -0.2) is 28.2 Å². The minimum Gasteiger partial charge on any atom is -0.438 e. The molecule has 0 aliphatic carbocycles. The molecule has 8 nitrogen and oxygen atoms in total. The van der Waals surface area contributed by atoms with Crippen molar-refractivity contribution in [2.75, 3.05) is 4.72 Å². The summed E-state index contributed by atoms with van der Waals surface area (Å²) in [6.45, 7) is 0. The van der Waals surface area contributed by atoms with Crippen molar-refractivity contribution < 1.29 is 13.2 Å². The second-order valence-electron chi connectivity index (χ2n) is 5.49. The third-order valence-electron chi connectivity index (χ3n) is 3.54. The molecule has 0 amide bonds. The molecule has 0 spiro atoms. The molecular weight excluding hydrogens is 422 g/mol. The van der Waals surface area contributed by atoms with E-state index in [0.29, 0.717) is 27.5 Å². The Balaban J connectivity index is 1.43. The zero-order chi connectivity index (χ0) is 19.6. The van der Waals surface area contributed by atoms with Crippen LogP contribution in [0.2, 0.25) is 4.34 Å². The van der Waals surface area contributed by atoms with Gasteiger partial charge in [-0.2, -0.15) is 0 Å². The minimum absolute atomic E-state index is 0.145. The molecule has 142 valence electrons. The number of nitrogens with zero attached hydrogens (tertiary/aromatic N) is 4. The number of imidazole rings is 1. The zero-order valence-electron chi connectivity index (χ0n) is 14.1. The summed E-state index contributed by atoms with van der Waals surface area (Å²) in [6.07, 6.45) is 5.03.